The maximum atomic E-state index is 11.6. The molecule has 112 valence electrons. The first kappa shape index (κ1) is 16.5. The predicted molar refractivity (Wildman–Crippen MR) is 79.7 cm³/mol. The van der Waals surface area contributed by atoms with Crippen LogP contribution >= 0.6 is 0 Å². The number of hydrogen-bond donors (Lipinski definition) is 1. The Hall–Kier alpha value is -1.55. The Morgan fingerprint density at radius 3 is 2.55 bits per heavy atom. The van der Waals surface area contributed by atoms with Crippen molar-refractivity contribution in [2.75, 3.05) is 13.7 Å². The van der Waals surface area contributed by atoms with Gasteiger partial charge in [0.1, 0.15) is 12.4 Å². The number of benzene rings is 1. The van der Waals surface area contributed by atoms with Crippen LogP contribution in [0.2, 0.25) is 0 Å². The van der Waals surface area contributed by atoms with Gasteiger partial charge in [-0.05, 0) is 19.9 Å². The largest absolute Gasteiger partial charge is 0.492 e. The lowest BCUT2D eigenvalue weighted by molar-refractivity contribution is -0.152. The van der Waals surface area contributed by atoms with Gasteiger partial charge in [0.15, 0.2) is 0 Å². The monoisotopic (exact) mass is 279 g/mol. The third-order valence-electron chi connectivity index (χ3n) is 3.00. The number of hydrogen-bond acceptors (Lipinski definition) is 4. The van der Waals surface area contributed by atoms with E-state index >= 15 is 0 Å². The Labute approximate surface area is 121 Å². The minimum absolute atomic E-state index is 0.268. The normalized spacial score (nSPS) is 11.5. The number of esters is 1. The highest BCUT2D eigenvalue weighted by atomic mass is 16.5. The van der Waals surface area contributed by atoms with E-state index in [0.29, 0.717) is 12.6 Å². The molecule has 1 aromatic rings. The second-order valence-corrected chi connectivity index (χ2v) is 5.81. The second kappa shape index (κ2) is 7.29. The number of carbonyl (C=O) groups excluding carboxylic acids is 1. The molecule has 0 aliphatic carbocycles. The maximum absolute atomic E-state index is 11.6. The van der Waals surface area contributed by atoms with Crippen molar-refractivity contribution in [1.29, 1.82) is 0 Å². The van der Waals surface area contributed by atoms with Crippen LogP contribution in [-0.2, 0) is 16.1 Å². The van der Waals surface area contributed by atoms with Gasteiger partial charge in [-0.1, -0.05) is 32.0 Å². The average Bonchev–Trinajstić information content (AvgIpc) is 2.42. The Morgan fingerprint density at radius 2 is 1.95 bits per heavy atom. The van der Waals surface area contributed by atoms with Crippen molar-refractivity contribution in [3.05, 3.63) is 29.8 Å². The number of methoxy groups -OCH3 is 1. The first-order valence-electron chi connectivity index (χ1n) is 6.89. The molecule has 0 aromatic heterocycles. The molecule has 0 bridgehead atoms. The molecular formula is C16H25NO3. The standard InChI is InChI=1S/C16H25NO3/c1-12(2)17-10-13-8-6-7-9-14(13)20-11-16(3,4)15(18)19-5/h6-9,12,17H,10-11H2,1-5H3. The van der Waals surface area contributed by atoms with Crippen molar-refractivity contribution >= 4 is 5.97 Å². The summed E-state index contributed by atoms with van der Waals surface area (Å²) in [5, 5.41) is 3.36. The highest BCUT2D eigenvalue weighted by molar-refractivity contribution is 5.75. The van der Waals surface area contributed by atoms with E-state index in [1.165, 1.54) is 7.11 Å². The van der Waals surface area contributed by atoms with Crippen molar-refractivity contribution in [3.63, 3.8) is 0 Å². The van der Waals surface area contributed by atoms with Crippen molar-refractivity contribution in [1.82, 2.24) is 5.32 Å². The van der Waals surface area contributed by atoms with Crippen LogP contribution in [-0.4, -0.2) is 25.7 Å². The van der Waals surface area contributed by atoms with E-state index in [0.717, 1.165) is 17.9 Å². The molecule has 0 aliphatic heterocycles. The van der Waals surface area contributed by atoms with E-state index in [-0.39, 0.29) is 5.97 Å². The minimum Gasteiger partial charge on any atom is -0.492 e. The van der Waals surface area contributed by atoms with E-state index in [4.69, 9.17) is 9.47 Å². The lowest BCUT2D eigenvalue weighted by Crippen LogP contribution is -2.32. The fraction of sp³-hybridized carbons (Fsp3) is 0.562. The smallest absolute Gasteiger partial charge is 0.314 e. The minimum atomic E-state index is -0.659. The predicted octanol–water partition coefficient (Wildman–Crippen LogP) is 2.76. The first-order valence-corrected chi connectivity index (χ1v) is 6.89. The summed E-state index contributed by atoms with van der Waals surface area (Å²) in [6.07, 6.45) is 0. The third-order valence-corrected chi connectivity index (χ3v) is 3.00. The first-order chi connectivity index (χ1) is 9.36. The van der Waals surface area contributed by atoms with Crippen LogP contribution in [0.25, 0.3) is 0 Å². The lowest BCUT2D eigenvalue weighted by atomic mass is 9.95. The molecule has 0 atom stereocenters. The number of nitrogens with one attached hydrogen (secondary N) is 1. The topological polar surface area (TPSA) is 47.6 Å². The highest BCUT2D eigenvalue weighted by Crippen LogP contribution is 2.23. The van der Waals surface area contributed by atoms with Gasteiger partial charge >= 0.3 is 5.97 Å². The molecule has 0 radical (unpaired) electrons. The SMILES string of the molecule is COC(=O)C(C)(C)COc1ccccc1CNC(C)C. The van der Waals surface area contributed by atoms with Gasteiger partial charge in [-0.2, -0.15) is 0 Å². The molecule has 1 rings (SSSR count). The fourth-order valence-electron chi connectivity index (χ4n) is 1.70. The Morgan fingerprint density at radius 1 is 1.30 bits per heavy atom. The van der Waals surface area contributed by atoms with Gasteiger partial charge in [0, 0.05) is 18.2 Å². The van der Waals surface area contributed by atoms with E-state index in [1.54, 1.807) is 0 Å². The molecule has 4 heteroatoms. The summed E-state index contributed by atoms with van der Waals surface area (Å²) in [6.45, 7) is 8.86. The number of para-hydroxylation sites is 1. The van der Waals surface area contributed by atoms with Gasteiger partial charge in [-0.25, -0.2) is 0 Å². The summed E-state index contributed by atoms with van der Waals surface area (Å²) < 4.78 is 10.6. The number of carbonyl (C=O) groups is 1. The van der Waals surface area contributed by atoms with Gasteiger partial charge in [-0.3, -0.25) is 4.79 Å². The molecule has 0 saturated carbocycles. The zero-order valence-electron chi connectivity index (χ0n) is 13.0. The lowest BCUT2D eigenvalue weighted by Gasteiger charge is -2.22. The third kappa shape index (κ3) is 4.85. The van der Waals surface area contributed by atoms with Crippen LogP contribution < -0.4 is 10.1 Å². The average molecular weight is 279 g/mol. The van der Waals surface area contributed by atoms with Gasteiger partial charge in [0.25, 0.3) is 0 Å². The Bertz CT molecular complexity index is 441. The molecule has 0 heterocycles. The number of rotatable bonds is 7. The van der Waals surface area contributed by atoms with Crippen LogP contribution in [0, 0.1) is 5.41 Å². The van der Waals surface area contributed by atoms with E-state index in [2.05, 4.69) is 19.2 Å². The van der Waals surface area contributed by atoms with Gasteiger partial charge in [0.05, 0.1) is 12.5 Å². The maximum Gasteiger partial charge on any atom is 0.314 e. The summed E-state index contributed by atoms with van der Waals surface area (Å²) in [7, 11) is 1.39. The summed E-state index contributed by atoms with van der Waals surface area (Å²) in [5.41, 5.74) is 0.426. The zero-order chi connectivity index (χ0) is 15.2. The summed E-state index contributed by atoms with van der Waals surface area (Å²) in [4.78, 5) is 11.6. The molecular weight excluding hydrogens is 254 g/mol. The molecule has 1 N–H and O–H groups in total. The second-order valence-electron chi connectivity index (χ2n) is 5.81. The zero-order valence-corrected chi connectivity index (χ0v) is 13.0. The van der Waals surface area contributed by atoms with Gasteiger partial charge in [-0.15, -0.1) is 0 Å². The van der Waals surface area contributed by atoms with Crippen molar-refractivity contribution in [3.8, 4) is 5.75 Å². The molecule has 0 fully saturated rings. The van der Waals surface area contributed by atoms with Crippen molar-refractivity contribution < 1.29 is 14.3 Å². The highest BCUT2D eigenvalue weighted by Gasteiger charge is 2.29. The summed E-state index contributed by atoms with van der Waals surface area (Å²) >= 11 is 0. The van der Waals surface area contributed by atoms with E-state index in [9.17, 15) is 4.79 Å². The van der Waals surface area contributed by atoms with Gasteiger partial charge in [0.2, 0.25) is 0 Å². The molecule has 20 heavy (non-hydrogen) atoms. The van der Waals surface area contributed by atoms with Crippen molar-refractivity contribution in [2.24, 2.45) is 5.41 Å². The molecule has 0 unspecified atom stereocenters. The Balaban J connectivity index is 2.70. The number of ether oxygens (including phenoxy) is 2. The van der Waals surface area contributed by atoms with E-state index in [1.807, 2.05) is 38.1 Å². The van der Waals surface area contributed by atoms with Gasteiger partial charge < -0.3 is 14.8 Å². The van der Waals surface area contributed by atoms with Crippen LogP contribution in [0.3, 0.4) is 0 Å². The molecule has 1 aromatic carbocycles. The summed E-state index contributed by atoms with van der Waals surface area (Å²) in [5.74, 6) is 0.535. The molecule has 0 aliphatic rings. The quantitative estimate of drug-likeness (QED) is 0.780. The molecule has 0 spiro atoms. The molecule has 0 amide bonds. The van der Waals surface area contributed by atoms with E-state index < -0.39 is 5.41 Å². The van der Waals surface area contributed by atoms with Crippen molar-refractivity contribution in [2.45, 2.75) is 40.3 Å². The fourth-order valence-corrected chi connectivity index (χ4v) is 1.70. The molecule has 0 saturated heterocycles. The Kier molecular flexibility index (Phi) is 6.02. The van der Waals surface area contributed by atoms with Crippen LogP contribution in [0.1, 0.15) is 33.3 Å². The van der Waals surface area contributed by atoms with Crippen LogP contribution in [0.15, 0.2) is 24.3 Å². The molecule has 4 nitrogen and oxygen atoms in total. The summed E-state index contributed by atoms with van der Waals surface area (Å²) in [6, 6.07) is 8.27. The van der Waals surface area contributed by atoms with Crippen LogP contribution in [0.5, 0.6) is 5.75 Å². The van der Waals surface area contributed by atoms with Crippen LogP contribution in [0.4, 0.5) is 0 Å².